The van der Waals surface area contributed by atoms with Crippen LogP contribution in [0.15, 0.2) is 87.8 Å². The number of allylic oxidation sites excluding steroid dienone is 1. The molecule has 11 heteroatoms. The molecule has 0 radical (unpaired) electrons. The van der Waals surface area contributed by atoms with Crippen molar-refractivity contribution in [2.75, 3.05) is 20.8 Å². The van der Waals surface area contributed by atoms with E-state index in [9.17, 15) is 19.5 Å². The summed E-state index contributed by atoms with van der Waals surface area (Å²) < 4.78 is 24.1. The van der Waals surface area contributed by atoms with Crippen LogP contribution in [-0.4, -0.2) is 42.4 Å². The number of aromatic nitrogens is 1. The Balaban J connectivity index is 1.50. The van der Waals surface area contributed by atoms with Gasteiger partial charge in [0, 0.05) is 11.6 Å². The van der Waals surface area contributed by atoms with Crippen molar-refractivity contribution in [3.63, 3.8) is 0 Å². The van der Waals surface area contributed by atoms with Gasteiger partial charge in [-0.1, -0.05) is 35.6 Å². The molecule has 3 aromatic carbocycles. The standard InChI is InChI=1S/C33H30N2O8S/c1-5-42-32(39)28-19(2)34-33-35(29(28)25-14-13-24(40-3)17-26(25)41-4)30(36)27(44-33)16-20-9-11-23(12-10-20)43-18-21-7-6-8-22(15-21)31(37)38/h6-17,29H,5,18H2,1-4H3,(H,37,38)/b27-16-/t29-/m1/s1. The highest BCUT2D eigenvalue weighted by Gasteiger charge is 2.35. The van der Waals surface area contributed by atoms with Crippen LogP contribution in [0.25, 0.3) is 6.08 Å². The smallest absolute Gasteiger partial charge is 0.338 e. The van der Waals surface area contributed by atoms with Gasteiger partial charge in [-0.25, -0.2) is 14.6 Å². The predicted molar refractivity (Wildman–Crippen MR) is 164 cm³/mol. The number of fused-ring (bicyclic) bond motifs is 1. The quantitative estimate of drug-likeness (QED) is 0.265. The molecule has 0 fully saturated rings. The molecule has 1 N–H and O–H groups in total. The number of carboxylic acid groups (broad SMARTS) is 1. The van der Waals surface area contributed by atoms with Gasteiger partial charge in [0.1, 0.15) is 29.9 Å². The highest BCUT2D eigenvalue weighted by molar-refractivity contribution is 7.07. The summed E-state index contributed by atoms with van der Waals surface area (Å²) in [6, 6.07) is 18.2. The number of nitrogens with zero attached hydrogens (tertiary/aromatic N) is 2. The van der Waals surface area contributed by atoms with E-state index in [0.29, 0.717) is 37.8 Å². The molecule has 0 spiro atoms. The zero-order valence-electron chi connectivity index (χ0n) is 24.5. The van der Waals surface area contributed by atoms with Gasteiger partial charge in [-0.3, -0.25) is 9.36 Å². The molecule has 10 nitrogen and oxygen atoms in total. The average molecular weight is 615 g/mol. The van der Waals surface area contributed by atoms with Crippen LogP contribution in [0.1, 0.15) is 46.9 Å². The lowest BCUT2D eigenvalue weighted by Gasteiger charge is -2.26. The Hall–Kier alpha value is -5.16. The lowest BCUT2D eigenvalue weighted by molar-refractivity contribution is -0.139. The zero-order chi connectivity index (χ0) is 31.4. The number of hydrogen-bond donors (Lipinski definition) is 1. The minimum atomic E-state index is -0.997. The number of rotatable bonds is 10. The van der Waals surface area contributed by atoms with Crippen molar-refractivity contribution in [2.45, 2.75) is 26.5 Å². The SMILES string of the molecule is CCOC(=O)C1=C(C)N=c2s/c(=C\c3ccc(OCc4cccc(C(=O)O)c4)cc3)c(=O)n2[C@@H]1c1ccc(OC)cc1OC. The molecule has 1 aliphatic heterocycles. The van der Waals surface area contributed by atoms with Gasteiger partial charge in [0.15, 0.2) is 4.80 Å². The summed E-state index contributed by atoms with van der Waals surface area (Å²) in [5, 5.41) is 9.20. The Morgan fingerprint density at radius 3 is 2.45 bits per heavy atom. The number of thiazole rings is 1. The van der Waals surface area contributed by atoms with E-state index in [1.807, 2.05) is 12.1 Å². The van der Waals surface area contributed by atoms with Crippen molar-refractivity contribution in [2.24, 2.45) is 4.99 Å². The molecule has 1 aliphatic rings. The number of methoxy groups -OCH3 is 2. The normalized spacial score (nSPS) is 14.5. The van der Waals surface area contributed by atoms with E-state index in [1.54, 1.807) is 75.6 Å². The van der Waals surface area contributed by atoms with Gasteiger partial charge in [-0.05, 0) is 67.4 Å². The summed E-state index contributed by atoms with van der Waals surface area (Å²) in [6.45, 7) is 3.82. The maximum Gasteiger partial charge on any atom is 0.338 e. The second kappa shape index (κ2) is 13.0. The molecule has 2 heterocycles. The van der Waals surface area contributed by atoms with Gasteiger partial charge < -0.3 is 24.1 Å². The monoisotopic (exact) mass is 614 g/mol. The topological polar surface area (TPSA) is 126 Å². The van der Waals surface area contributed by atoms with Crippen LogP contribution < -0.4 is 29.1 Å². The molecule has 1 aromatic heterocycles. The fourth-order valence-electron chi connectivity index (χ4n) is 4.90. The van der Waals surface area contributed by atoms with Gasteiger partial charge in [0.25, 0.3) is 5.56 Å². The molecule has 0 unspecified atom stereocenters. The Kier molecular flexibility index (Phi) is 8.96. The van der Waals surface area contributed by atoms with Gasteiger partial charge in [-0.15, -0.1) is 0 Å². The van der Waals surface area contributed by atoms with Crippen molar-refractivity contribution >= 4 is 29.4 Å². The highest BCUT2D eigenvalue weighted by Crippen LogP contribution is 2.37. The summed E-state index contributed by atoms with van der Waals surface area (Å²) in [5.74, 6) is 0.0494. The molecule has 0 saturated carbocycles. The molecule has 226 valence electrons. The average Bonchev–Trinajstić information content (AvgIpc) is 3.33. The lowest BCUT2D eigenvalue weighted by Crippen LogP contribution is -2.40. The van der Waals surface area contributed by atoms with Gasteiger partial charge >= 0.3 is 11.9 Å². The number of carboxylic acids is 1. The van der Waals surface area contributed by atoms with Crippen molar-refractivity contribution in [3.8, 4) is 17.2 Å². The Morgan fingerprint density at radius 2 is 1.77 bits per heavy atom. The van der Waals surface area contributed by atoms with Gasteiger partial charge in [0.2, 0.25) is 0 Å². The van der Waals surface area contributed by atoms with Crippen LogP contribution in [0.3, 0.4) is 0 Å². The second-order valence-corrected chi connectivity index (χ2v) is 10.8. The first kappa shape index (κ1) is 30.3. The maximum absolute atomic E-state index is 13.9. The Morgan fingerprint density at radius 1 is 1.02 bits per heavy atom. The molecule has 0 saturated heterocycles. The summed E-state index contributed by atoms with van der Waals surface area (Å²) in [6.07, 6.45) is 1.76. The minimum Gasteiger partial charge on any atom is -0.497 e. The summed E-state index contributed by atoms with van der Waals surface area (Å²) >= 11 is 1.22. The third kappa shape index (κ3) is 6.13. The number of hydrogen-bond acceptors (Lipinski definition) is 9. The molecule has 5 rings (SSSR count). The van der Waals surface area contributed by atoms with Crippen LogP contribution in [0.2, 0.25) is 0 Å². The van der Waals surface area contributed by atoms with Crippen molar-refractivity contribution in [1.82, 2.24) is 4.57 Å². The van der Waals surface area contributed by atoms with E-state index < -0.39 is 18.0 Å². The van der Waals surface area contributed by atoms with Crippen LogP contribution >= 0.6 is 11.3 Å². The van der Waals surface area contributed by atoms with Crippen molar-refractivity contribution < 1.29 is 33.6 Å². The fraction of sp³-hybridized carbons (Fsp3) is 0.212. The van der Waals surface area contributed by atoms with Crippen LogP contribution in [-0.2, 0) is 16.1 Å². The molecular formula is C33H30N2O8S. The molecule has 0 aliphatic carbocycles. The maximum atomic E-state index is 13.9. The molecule has 44 heavy (non-hydrogen) atoms. The highest BCUT2D eigenvalue weighted by atomic mass is 32.1. The number of carbonyl (C=O) groups excluding carboxylic acids is 1. The van der Waals surface area contributed by atoms with Crippen LogP contribution in [0, 0.1) is 0 Å². The molecule has 0 amide bonds. The summed E-state index contributed by atoms with van der Waals surface area (Å²) in [4.78, 5) is 43.4. The number of esters is 1. The predicted octanol–water partition coefficient (Wildman–Crippen LogP) is 4.09. The number of carbonyl (C=O) groups is 2. The van der Waals surface area contributed by atoms with E-state index in [2.05, 4.69) is 4.99 Å². The number of benzene rings is 3. The van der Waals surface area contributed by atoms with Gasteiger partial charge in [0.05, 0.1) is 42.2 Å². The van der Waals surface area contributed by atoms with E-state index >= 15 is 0 Å². The number of ether oxygens (including phenoxy) is 4. The largest absolute Gasteiger partial charge is 0.497 e. The van der Waals surface area contributed by atoms with Crippen LogP contribution in [0.5, 0.6) is 17.2 Å². The van der Waals surface area contributed by atoms with E-state index in [1.165, 1.54) is 29.1 Å². The molecular weight excluding hydrogens is 584 g/mol. The first-order chi connectivity index (χ1) is 21.2. The van der Waals surface area contributed by atoms with Crippen molar-refractivity contribution in [1.29, 1.82) is 0 Å². The second-order valence-electron chi connectivity index (χ2n) is 9.77. The van der Waals surface area contributed by atoms with E-state index in [0.717, 1.165) is 11.1 Å². The Labute approximate surface area is 256 Å². The number of aromatic carboxylic acids is 1. The molecule has 0 bridgehead atoms. The molecule has 1 atom stereocenters. The third-order valence-electron chi connectivity index (χ3n) is 7.01. The fourth-order valence-corrected chi connectivity index (χ4v) is 5.95. The zero-order valence-corrected chi connectivity index (χ0v) is 25.3. The summed E-state index contributed by atoms with van der Waals surface area (Å²) in [5.41, 5.74) is 2.67. The third-order valence-corrected chi connectivity index (χ3v) is 7.99. The van der Waals surface area contributed by atoms with E-state index in [4.69, 9.17) is 18.9 Å². The van der Waals surface area contributed by atoms with Crippen molar-refractivity contribution in [3.05, 3.63) is 120 Å². The Bertz CT molecular complexity index is 1940. The van der Waals surface area contributed by atoms with Gasteiger partial charge in [-0.2, -0.15) is 0 Å². The molecule has 4 aromatic rings. The lowest BCUT2D eigenvalue weighted by atomic mass is 9.95. The van der Waals surface area contributed by atoms with Crippen LogP contribution in [0.4, 0.5) is 0 Å². The first-order valence-electron chi connectivity index (χ1n) is 13.7. The minimum absolute atomic E-state index is 0.168. The van der Waals surface area contributed by atoms with E-state index in [-0.39, 0.29) is 29.9 Å². The summed E-state index contributed by atoms with van der Waals surface area (Å²) in [7, 11) is 3.06. The first-order valence-corrected chi connectivity index (χ1v) is 14.5.